The van der Waals surface area contributed by atoms with Crippen LogP contribution in [0.2, 0.25) is 0 Å². The average Bonchev–Trinajstić information content (AvgIpc) is 3.38. The molecule has 0 aromatic carbocycles. The number of hydrogen-bond donors (Lipinski definition) is 0. The predicted molar refractivity (Wildman–Crippen MR) is 83.5 cm³/mol. The second kappa shape index (κ2) is 6.52. The highest BCUT2D eigenvalue weighted by Gasteiger charge is 2.27. The quantitative estimate of drug-likeness (QED) is 0.767. The van der Waals surface area contributed by atoms with Crippen molar-refractivity contribution in [2.75, 3.05) is 51.8 Å². The zero-order valence-corrected chi connectivity index (χ0v) is 13.2. The van der Waals surface area contributed by atoms with Crippen molar-refractivity contribution in [3.63, 3.8) is 0 Å². The van der Waals surface area contributed by atoms with Crippen LogP contribution in [0.1, 0.15) is 23.2 Å². The monoisotopic (exact) mass is 305 g/mol. The number of ether oxygens (including phenoxy) is 2. The third kappa shape index (κ3) is 3.32. The molecule has 1 aromatic rings. The number of hydrogen-bond acceptors (Lipinski definition) is 6. The van der Waals surface area contributed by atoms with Gasteiger partial charge in [0.15, 0.2) is 0 Å². The molecule has 0 bridgehead atoms. The van der Waals surface area contributed by atoms with Gasteiger partial charge in [0.1, 0.15) is 11.4 Å². The molecule has 0 atom stereocenters. The normalized spacial score (nSPS) is 19.1. The van der Waals surface area contributed by atoms with E-state index in [-0.39, 0.29) is 0 Å². The number of methoxy groups -OCH3 is 2. The van der Waals surface area contributed by atoms with Gasteiger partial charge in [-0.15, -0.1) is 0 Å². The molecule has 1 aliphatic heterocycles. The maximum absolute atomic E-state index is 11.7. The SMILES string of the molecule is COC(=O)c1ccc(N2CCN(CC3CC3)CC2)nc1OC. The van der Waals surface area contributed by atoms with Crippen molar-refractivity contribution >= 4 is 11.8 Å². The lowest BCUT2D eigenvalue weighted by Gasteiger charge is -2.35. The summed E-state index contributed by atoms with van der Waals surface area (Å²) in [7, 11) is 2.88. The number of pyridine rings is 1. The topological polar surface area (TPSA) is 54.9 Å². The summed E-state index contributed by atoms with van der Waals surface area (Å²) < 4.78 is 9.97. The maximum Gasteiger partial charge on any atom is 0.343 e. The standard InChI is InChI=1S/C16H23N3O3/c1-21-15-13(16(20)22-2)5-6-14(17-15)19-9-7-18(8-10-19)11-12-3-4-12/h5-6,12H,3-4,7-11H2,1-2H3. The van der Waals surface area contributed by atoms with Gasteiger partial charge in [0.25, 0.3) is 0 Å². The van der Waals surface area contributed by atoms with Gasteiger partial charge in [-0.3, -0.25) is 4.90 Å². The Morgan fingerprint density at radius 3 is 2.55 bits per heavy atom. The van der Waals surface area contributed by atoms with Crippen LogP contribution in [-0.2, 0) is 4.74 Å². The highest BCUT2D eigenvalue weighted by molar-refractivity contribution is 5.92. The van der Waals surface area contributed by atoms with E-state index in [1.165, 1.54) is 33.6 Å². The van der Waals surface area contributed by atoms with Crippen LogP contribution < -0.4 is 9.64 Å². The second-order valence-corrected chi connectivity index (χ2v) is 5.95. The summed E-state index contributed by atoms with van der Waals surface area (Å²) in [4.78, 5) is 20.9. The Morgan fingerprint density at radius 1 is 1.23 bits per heavy atom. The van der Waals surface area contributed by atoms with E-state index < -0.39 is 5.97 Å². The number of carbonyl (C=O) groups excluding carboxylic acids is 1. The van der Waals surface area contributed by atoms with Crippen molar-refractivity contribution in [2.45, 2.75) is 12.8 Å². The molecule has 1 aliphatic carbocycles. The lowest BCUT2D eigenvalue weighted by Crippen LogP contribution is -2.47. The zero-order chi connectivity index (χ0) is 15.5. The molecule has 3 rings (SSSR count). The summed E-state index contributed by atoms with van der Waals surface area (Å²) in [6.45, 7) is 5.30. The third-order valence-corrected chi connectivity index (χ3v) is 4.35. The fourth-order valence-corrected chi connectivity index (χ4v) is 2.85. The molecule has 0 radical (unpaired) electrons. The minimum Gasteiger partial charge on any atom is -0.480 e. The fraction of sp³-hybridized carbons (Fsp3) is 0.625. The van der Waals surface area contributed by atoms with Gasteiger partial charge in [0.2, 0.25) is 5.88 Å². The lowest BCUT2D eigenvalue weighted by molar-refractivity contribution is 0.0596. The molecule has 2 heterocycles. The van der Waals surface area contributed by atoms with Crippen LogP contribution in [0, 0.1) is 5.92 Å². The van der Waals surface area contributed by atoms with Crippen LogP contribution in [0.3, 0.4) is 0 Å². The van der Waals surface area contributed by atoms with Crippen molar-refractivity contribution in [1.29, 1.82) is 0 Å². The molecule has 0 spiro atoms. The van der Waals surface area contributed by atoms with Crippen molar-refractivity contribution in [3.8, 4) is 5.88 Å². The first-order valence-electron chi connectivity index (χ1n) is 7.82. The molecule has 22 heavy (non-hydrogen) atoms. The van der Waals surface area contributed by atoms with E-state index in [0.717, 1.165) is 37.9 Å². The van der Waals surface area contributed by atoms with Crippen LogP contribution in [0.5, 0.6) is 5.88 Å². The number of piperazine rings is 1. The van der Waals surface area contributed by atoms with E-state index in [9.17, 15) is 4.79 Å². The summed E-state index contributed by atoms with van der Waals surface area (Å²) in [5.74, 6) is 1.69. The van der Waals surface area contributed by atoms with Crippen LogP contribution in [0.4, 0.5) is 5.82 Å². The molecular formula is C16H23N3O3. The Hall–Kier alpha value is -1.82. The van der Waals surface area contributed by atoms with Gasteiger partial charge in [0.05, 0.1) is 14.2 Å². The minimum absolute atomic E-state index is 0.324. The first-order chi connectivity index (χ1) is 10.7. The smallest absolute Gasteiger partial charge is 0.343 e. The molecule has 2 aliphatic rings. The van der Waals surface area contributed by atoms with Crippen molar-refractivity contribution in [2.24, 2.45) is 5.92 Å². The van der Waals surface area contributed by atoms with Gasteiger partial charge < -0.3 is 14.4 Å². The van der Waals surface area contributed by atoms with Crippen LogP contribution in [0.25, 0.3) is 0 Å². The molecule has 6 nitrogen and oxygen atoms in total. The number of anilines is 1. The van der Waals surface area contributed by atoms with Crippen LogP contribution in [-0.4, -0.2) is 62.8 Å². The Labute approximate surface area is 131 Å². The van der Waals surface area contributed by atoms with Gasteiger partial charge in [-0.1, -0.05) is 0 Å². The number of nitrogens with zero attached hydrogens (tertiary/aromatic N) is 3. The molecule has 0 amide bonds. The molecule has 2 fully saturated rings. The summed E-state index contributed by atoms with van der Waals surface area (Å²) in [6.07, 6.45) is 2.79. The number of aromatic nitrogens is 1. The van der Waals surface area contributed by atoms with E-state index in [1.807, 2.05) is 6.07 Å². The molecule has 120 valence electrons. The first-order valence-corrected chi connectivity index (χ1v) is 7.82. The third-order valence-electron chi connectivity index (χ3n) is 4.35. The van der Waals surface area contributed by atoms with E-state index in [0.29, 0.717) is 11.4 Å². The zero-order valence-electron chi connectivity index (χ0n) is 13.2. The molecule has 0 unspecified atom stereocenters. The van der Waals surface area contributed by atoms with Crippen molar-refractivity contribution in [3.05, 3.63) is 17.7 Å². The number of carbonyl (C=O) groups is 1. The molecule has 6 heteroatoms. The Bertz CT molecular complexity index is 537. The van der Waals surface area contributed by atoms with E-state index in [1.54, 1.807) is 6.07 Å². The van der Waals surface area contributed by atoms with Gasteiger partial charge >= 0.3 is 5.97 Å². The summed E-state index contributed by atoms with van der Waals surface area (Å²) >= 11 is 0. The molecule has 1 aromatic heterocycles. The second-order valence-electron chi connectivity index (χ2n) is 5.95. The minimum atomic E-state index is -0.426. The largest absolute Gasteiger partial charge is 0.480 e. The van der Waals surface area contributed by atoms with Gasteiger partial charge in [-0.05, 0) is 30.9 Å². The van der Waals surface area contributed by atoms with Crippen LogP contribution in [0.15, 0.2) is 12.1 Å². The van der Waals surface area contributed by atoms with Gasteiger partial charge in [-0.2, -0.15) is 4.98 Å². The van der Waals surface area contributed by atoms with Crippen molar-refractivity contribution < 1.29 is 14.3 Å². The van der Waals surface area contributed by atoms with Crippen molar-refractivity contribution in [1.82, 2.24) is 9.88 Å². The number of esters is 1. The molecule has 1 saturated carbocycles. The highest BCUT2D eigenvalue weighted by Crippen LogP contribution is 2.30. The van der Waals surface area contributed by atoms with E-state index in [2.05, 4.69) is 14.8 Å². The molecule has 1 saturated heterocycles. The Balaban J connectivity index is 1.65. The van der Waals surface area contributed by atoms with E-state index >= 15 is 0 Å². The summed E-state index contributed by atoms with van der Waals surface area (Å²) in [5, 5.41) is 0. The molecular weight excluding hydrogens is 282 g/mol. The maximum atomic E-state index is 11.7. The fourth-order valence-electron chi connectivity index (χ4n) is 2.85. The Morgan fingerprint density at radius 2 is 1.95 bits per heavy atom. The average molecular weight is 305 g/mol. The first kappa shape index (κ1) is 15.1. The number of rotatable bonds is 5. The molecule has 0 N–H and O–H groups in total. The van der Waals surface area contributed by atoms with Crippen LogP contribution >= 0.6 is 0 Å². The van der Waals surface area contributed by atoms with Gasteiger partial charge in [-0.25, -0.2) is 4.79 Å². The summed E-state index contributed by atoms with van der Waals surface area (Å²) in [5.41, 5.74) is 0.362. The predicted octanol–water partition coefficient (Wildman–Crippen LogP) is 1.41. The van der Waals surface area contributed by atoms with E-state index in [4.69, 9.17) is 9.47 Å². The summed E-state index contributed by atoms with van der Waals surface area (Å²) in [6, 6.07) is 3.59. The Kier molecular flexibility index (Phi) is 4.47. The lowest BCUT2D eigenvalue weighted by atomic mass is 10.2. The van der Waals surface area contributed by atoms with Gasteiger partial charge in [0, 0.05) is 32.7 Å². The highest BCUT2D eigenvalue weighted by atomic mass is 16.5.